The van der Waals surface area contributed by atoms with E-state index in [0.29, 0.717) is 0 Å². The average molecular weight is 552 g/mol. The molecule has 4 rings (SSSR count). The van der Waals surface area contributed by atoms with Crippen molar-refractivity contribution in [2.75, 3.05) is 6.61 Å². The molecule has 2 aliphatic heterocycles. The first kappa shape index (κ1) is 27.6. The molecule has 15 heteroatoms. The van der Waals surface area contributed by atoms with Crippen molar-refractivity contribution >= 4 is 18.0 Å². The Morgan fingerprint density at radius 3 is 2.18 bits per heavy atom. The van der Waals surface area contributed by atoms with E-state index in [4.69, 9.17) is 24.1 Å². The summed E-state index contributed by atoms with van der Waals surface area (Å²) in [5, 5.41) is 89.6. The Balaban J connectivity index is 1.66. The number of esters is 1. The first-order valence-corrected chi connectivity index (χ1v) is 11.3. The zero-order chi connectivity index (χ0) is 28.6. The number of ether oxygens (including phenoxy) is 4. The molecule has 2 heterocycles. The normalized spacial score (nSPS) is 26.1. The molecule has 9 N–H and O–H groups in total. The molecule has 2 aromatic carbocycles. The monoisotopic (exact) mass is 552 g/mol. The van der Waals surface area contributed by atoms with Gasteiger partial charge in [0.25, 0.3) is 0 Å². The fourth-order valence-electron chi connectivity index (χ4n) is 3.98. The number of hydrogen-bond donors (Lipinski definition) is 9. The highest BCUT2D eigenvalue weighted by Gasteiger charge is 2.46. The molecule has 210 valence electrons. The molecule has 1 saturated heterocycles. The summed E-state index contributed by atoms with van der Waals surface area (Å²) < 4.78 is 21.8. The number of carbonyl (C=O) groups is 2. The van der Waals surface area contributed by atoms with Gasteiger partial charge >= 0.3 is 11.9 Å². The van der Waals surface area contributed by atoms with Gasteiger partial charge in [0.1, 0.15) is 60.5 Å². The van der Waals surface area contributed by atoms with E-state index in [1.807, 2.05) is 0 Å². The Bertz CT molecular complexity index is 1280. The standard InChI is InChI=1S/C24H24O15/c25-9-3-11(26)10-5-15(23(37-14(10)4-9)8-1-12(27)19(32)13(28)2-8)38-24-22(35)21(34)20(33)16(39-24)7-36-18(31)6-17(29)30/h1-5,16,20-28,32-35H,6-7H2,(H,29,30)/t16-,20-,21+,22-,23?,24-/m1/s1. The van der Waals surface area contributed by atoms with E-state index in [0.717, 1.165) is 24.3 Å². The maximum absolute atomic E-state index is 11.6. The lowest BCUT2D eigenvalue weighted by atomic mass is 9.98. The van der Waals surface area contributed by atoms with Crippen LogP contribution in [0, 0.1) is 0 Å². The first-order valence-electron chi connectivity index (χ1n) is 11.3. The van der Waals surface area contributed by atoms with E-state index in [1.54, 1.807) is 0 Å². The predicted octanol–water partition coefficient (Wildman–Crippen LogP) is -0.469. The van der Waals surface area contributed by atoms with Crippen LogP contribution in [0.15, 0.2) is 30.0 Å². The number of carboxylic acids is 1. The van der Waals surface area contributed by atoms with Gasteiger partial charge in [-0.1, -0.05) is 0 Å². The molecule has 0 bridgehead atoms. The van der Waals surface area contributed by atoms with Crippen LogP contribution in [0.2, 0.25) is 0 Å². The van der Waals surface area contributed by atoms with E-state index in [9.17, 15) is 50.4 Å². The maximum Gasteiger partial charge on any atom is 0.317 e. The fraction of sp³-hybridized carbons (Fsp3) is 0.333. The van der Waals surface area contributed by atoms with E-state index in [2.05, 4.69) is 0 Å². The summed E-state index contributed by atoms with van der Waals surface area (Å²) in [6.07, 6.45) is -9.89. The number of rotatable bonds is 7. The summed E-state index contributed by atoms with van der Waals surface area (Å²) in [5.41, 5.74) is 0.00358. The Morgan fingerprint density at radius 1 is 0.872 bits per heavy atom. The van der Waals surface area contributed by atoms with Crippen LogP contribution in [0.1, 0.15) is 23.7 Å². The second-order valence-electron chi connectivity index (χ2n) is 8.72. The number of phenols is 5. The lowest BCUT2D eigenvalue weighted by Crippen LogP contribution is -2.59. The quantitative estimate of drug-likeness (QED) is 0.120. The van der Waals surface area contributed by atoms with Gasteiger partial charge in [-0.25, -0.2) is 0 Å². The first-order chi connectivity index (χ1) is 18.3. The summed E-state index contributed by atoms with van der Waals surface area (Å²) in [7, 11) is 0. The van der Waals surface area contributed by atoms with Gasteiger partial charge in [0.05, 0.1) is 5.56 Å². The van der Waals surface area contributed by atoms with Gasteiger partial charge in [-0.3, -0.25) is 9.59 Å². The molecule has 0 radical (unpaired) electrons. The van der Waals surface area contributed by atoms with Gasteiger partial charge in [-0.2, -0.15) is 0 Å². The van der Waals surface area contributed by atoms with Crippen LogP contribution >= 0.6 is 0 Å². The second kappa shape index (κ2) is 10.7. The molecule has 1 fully saturated rings. The molecule has 0 aliphatic carbocycles. The van der Waals surface area contributed by atoms with Crippen LogP contribution in [0.4, 0.5) is 0 Å². The molecule has 0 spiro atoms. The number of aliphatic hydroxyl groups is 3. The Kier molecular flexibility index (Phi) is 7.60. The van der Waals surface area contributed by atoms with Crippen molar-refractivity contribution in [2.24, 2.45) is 0 Å². The van der Waals surface area contributed by atoms with Crippen molar-refractivity contribution in [3.63, 3.8) is 0 Å². The number of phenolic OH excluding ortho intramolecular Hbond substituents is 5. The third kappa shape index (κ3) is 5.70. The summed E-state index contributed by atoms with van der Waals surface area (Å²) in [4.78, 5) is 22.3. The number of aliphatic carboxylic acids is 1. The maximum atomic E-state index is 11.6. The fourth-order valence-corrected chi connectivity index (χ4v) is 3.98. The largest absolute Gasteiger partial charge is 0.508 e. The Hall–Kier alpha value is -4.44. The lowest BCUT2D eigenvalue weighted by molar-refractivity contribution is -0.294. The van der Waals surface area contributed by atoms with Gasteiger partial charge in [0.2, 0.25) is 6.29 Å². The summed E-state index contributed by atoms with van der Waals surface area (Å²) >= 11 is 0. The topological polar surface area (TPSA) is 253 Å². The minimum atomic E-state index is -1.89. The number of hydrogen-bond acceptors (Lipinski definition) is 14. The second-order valence-corrected chi connectivity index (χ2v) is 8.72. The third-order valence-corrected chi connectivity index (χ3v) is 5.91. The Labute approximate surface area is 218 Å². The highest BCUT2D eigenvalue weighted by Crippen LogP contribution is 2.46. The highest BCUT2D eigenvalue weighted by molar-refractivity contribution is 5.90. The molecule has 6 atom stereocenters. The molecule has 15 nitrogen and oxygen atoms in total. The van der Waals surface area contributed by atoms with Gasteiger partial charge < -0.3 is 64.9 Å². The summed E-state index contributed by atoms with van der Waals surface area (Å²) in [6, 6.07) is 4.20. The lowest BCUT2D eigenvalue weighted by Gasteiger charge is -2.41. The smallest absolute Gasteiger partial charge is 0.317 e. The minimum Gasteiger partial charge on any atom is -0.508 e. The molecule has 2 aliphatic rings. The Morgan fingerprint density at radius 2 is 1.54 bits per heavy atom. The van der Waals surface area contributed by atoms with Gasteiger partial charge in [0.15, 0.2) is 23.4 Å². The minimum absolute atomic E-state index is 0.00688. The zero-order valence-electron chi connectivity index (χ0n) is 19.7. The van der Waals surface area contributed by atoms with Crippen LogP contribution in [0.5, 0.6) is 34.5 Å². The van der Waals surface area contributed by atoms with E-state index < -0.39 is 84.8 Å². The average Bonchev–Trinajstić information content (AvgIpc) is 2.86. The molecular formula is C24H24O15. The SMILES string of the molecule is O=C(O)CC(=O)OC[C@H]1O[C@@H](OC2=Cc3c(O)cc(O)cc3OC2c2cc(O)c(O)c(O)c2)[C@H](O)[C@@H](O)[C@@H]1O. The molecule has 1 unspecified atom stereocenters. The molecule has 2 aromatic rings. The molecule has 39 heavy (non-hydrogen) atoms. The third-order valence-electron chi connectivity index (χ3n) is 5.91. The molecule has 0 saturated carbocycles. The van der Waals surface area contributed by atoms with Crippen molar-refractivity contribution in [1.82, 2.24) is 0 Å². The van der Waals surface area contributed by atoms with Gasteiger partial charge in [-0.15, -0.1) is 0 Å². The van der Waals surface area contributed by atoms with Gasteiger partial charge in [0, 0.05) is 17.7 Å². The number of aromatic hydroxyl groups is 5. The highest BCUT2D eigenvalue weighted by atomic mass is 16.7. The molecular weight excluding hydrogens is 528 g/mol. The van der Waals surface area contributed by atoms with Crippen LogP contribution in [-0.4, -0.2) is 95.2 Å². The number of fused-ring (bicyclic) bond motifs is 1. The molecule has 0 aromatic heterocycles. The van der Waals surface area contributed by atoms with Crippen LogP contribution in [0.3, 0.4) is 0 Å². The van der Waals surface area contributed by atoms with Crippen molar-refractivity contribution in [1.29, 1.82) is 0 Å². The van der Waals surface area contributed by atoms with E-state index >= 15 is 0 Å². The zero-order valence-corrected chi connectivity index (χ0v) is 19.7. The van der Waals surface area contributed by atoms with Crippen molar-refractivity contribution < 1.29 is 74.5 Å². The summed E-state index contributed by atoms with van der Waals surface area (Å²) in [6.45, 7) is -0.710. The molecule has 0 amide bonds. The summed E-state index contributed by atoms with van der Waals surface area (Å²) in [5.74, 6) is -5.97. The predicted molar refractivity (Wildman–Crippen MR) is 124 cm³/mol. The van der Waals surface area contributed by atoms with Crippen LogP contribution in [0.25, 0.3) is 6.08 Å². The van der Waals surface area contributed by atoms with Crippen LogP contribution < -0.4 is 4.74 Å². The van der Waals surface area contributed by atoms with Crippen molar-refractivity contribution in [2.45, 2.75) is 43.2 Å². The number of carboxylic acid groups (broad SMARTS) is 1. The van der Waals surface area contributed by atoms with Crippen LogP contribution in [-0.2, 0) is 23.8 Å². The van der Waals surface area contributed by atoms with Crippen molar-refractivity contribution in [3.05, 3.63) is 41.2 Å². The van der Waals surface area contributed by atoms with Gasteiger partial charge in [-0.05, 0) is 18.2 Å². The van der Waals surface area contributed by atoms with Crippen molar-refractivity contribution in [3.8, 4) is 34.5 Å². The van der Waals surface area contributed by atoms with E-state index in [-0.39, 0.29) is 28.4 Å². The number of carbonyl (C=O) groups excluding carboxylic acids is 1. The van der Waals surface area contributed by atoms with E-state index in [1.165, 1.54) is 6.08 Å². The number of benzene rings is 2. The number of aliphatic hydroxyl groups excluding tert-OH is 3.